The van der Waals surface area contributed by atoms with Crippen LogP contribution >= 0.6 is 0 Å². The van der Waals surface area contributed by atoms with Gasteiger partial charge in [0.2, 0.25) is 5.82 Å². The van der Waals surface area contributed by atoms with Gasteiger partial charge in [0, 0.05) is 0 Å². The molecular formula is C10H12N4Si. The molecule has 0 aromatic carbocycles. The topological polar surface area (TPSA) is 75.6 Å². The summed E-state index contributed by atoms with van der Waals surface area (Å²) in [5.74, 6) is 3.45. The monoisotopic (exact) mass is 216 g/mol. The van der Waals surface area contributed by atoms with Crippen molar-refractivity contribution >= 4 is 13.9 Å². The molecule has 0 saturated heterocycles. The van der Waals surface area contributed by atoms with E-state index >= 15 is 0 Å². The van der Waals surface area contributed by atoms with Crippen LogP contribution in [0.25, 0.3) is 0 Å². The molecule has 5 heteroatoms. The molecule has 0 amide bonds. The van der Waals surface area contributed by atoms with Crippen molar-refractivity contribution in [1.29, 1.82) is 5.26 Å². The molecule has 76 valence electrons. The predicted octanol–water partition coefficient (Wildman–Crippen LogP) is 1.16. The fourth-order valence-electron chi connectivity index (χ4n) is 0.785. The van der Waals surface area contributed by atoms with Gasteiger partial charge >= 0.3 is 0 Å². The van der Waals surface area contributed by atoms with Crippen molar-refractivity contribution in [2.45, 2.75) is 19.6 Å². The summed E-state index contributed by atoms with van der Waals surface area (Å²) in [6, 6.07) is 1.91. The van der Waals surface area contributed by atoms with Crippen molar-refractivity contribution in [1.82, 2.24) is 9.97 Å². The third kappa shape index (κ3) is 3.41. The summed E-state index contributed by atoms with van der Waals surface area (Å²) in [4.78, 5) is 7.89. The van der Waals surface area contributed by atoms with Gasteiger partial charge in [-0.2, -0.15) is 5.26 Å². The maximum absolute atomic E-state index is 8.63. The third-order valence-corrected chi connectivity index (χ3v) is 2.36. The molecule has 0 unspecified atom stereocenters. The average molecular weight is 216 g/mol. The molecule has 0 bridgehead atoms. The lowest BCUT2D eigenvalue weighted by atomic mass is 10.3. The number of nitrogens with two attached hydrogens (primary N) is 1. The van der Waals surface area contributed by atoms with Gasteiger partial charge in [-0.1, -0.05) is 19.6 Å². The van der Waals surface area contributed by atoms with Crippen molar-refractivity contribution < 1.29 is 0 Å². The van der Waals surface area contributed by atoms with Crippen molar-refractivity contribution in [3.63, 3.8) is 0 Å². The zero-order chi connectivity index (χ0) is 11.5. The number of rotatable bonds is 0. The first-order valence-corrected chi connectivity index (χ1v) is 7.98. The van der Waals surface area contributed by atoms with E-state index in [2.05, 4.69) is 41.1 Å². The number of hydrogen-bond donors (Lipinski definition) is 1. The highest BCUT2D eigenvalue weighted by molar-refractivity contribution is 6.83. The lowest BCUT2D eigenvalue weighted by Gasteiger charge is -2.03. The van der Waals surface area contributed by atoms with E-state index in [1.54, 1.807) is 0 Å². The van der Waals surface area contributed by atoms with Gasteiger partial charge in [-0.15, -0.1) is 5.54 Å². The SMILES string of the molecule is C[Si](C)(C)C#Cc1ncc(C#N)c(N)n1. The lowest BCUT2D eigenvalue weighted by Crippen LogP contribution is -2.16. The third-order valence-electron chi connectivity index (χ3n) is 1.49. The molecule has 0 aliphatic carbocycles. The zero-order valence-corrected chi connectivity index (χ0v) is 10.00. The van der Waals surface area contributed by atoms with Crippen molar-refractivity contribution in [3.05, 3.63) is 17.6 Å². The Morgan fingerprint density at radius 2 is 2.07 bits per heavy atom. The molecule has 0 aliphatic heterocycles. The van der Waals surface area contributed by atoms with Crippen LogP contribution in [0.15, 0.2) is 6.20 Å². The molecule has 4 nitrogen and oxygen atoms in total. The van der Waals surface area contributed by atoms with E-state index in [4.69, 9.17) is 11.0 Å². The van der Waals surface area contributed by atoms with Crippen molar-refractivity contribution in [2.75, 3.05) is 5.73 Å². The van der Waals surface area contributed by atoms with Gasteiger partial charge in [0.25, 0.3) is 0 Å². The predicted molar refractivity (Wildman–Crippen MR) is 61.4 cm³/mol. The van der Waals surface area contributed by atoms with Crippen LogP contribution in [0.3, 0.4) is 0 Å². The van der Waals surface area contributed by atoms with E-state index in [0.29, 0.717) is 5.82 Å². The second kappa shape index (κ2) is 4.12. The van der Waals surface area contributed by atoms with Crippen LogP contribution < -0.4 is 5.73 Å². The Morgan fingerprint density at radius 3 is 2.53 bits per heavy atom. The standard InChI is InChI=1S/C10H12N4Si/c1-15(2,3)5-4-9-13-7-8(6-11)10(12)14-9/h7H,1-3H3,(H2,12,13,14). The fraction of sp³-hybridized carbons (Fsp3) is 0.300. The largest absolute Gasteiger partial charge is 0.382 e. The highest BCUT2D eigenvalue weighted by Crippen LogP contribution is 2.05. The maximum atomic E-state index is 8.63. The summed E-state index contributed by atoms with van der Waals surface area (Å²) in [6.07, 6.45) is 1.40. The molecule has 1 rings (SSSR count). The Bertz CT molecular complexity index is 471. The normalized spacial score (nSPS) is 10.0. The van der Waals surface area contributed by atoms with Crippen LogP contribution in [-0.4, -0.2) is 18.0 Å². The van der Waals surface area contributed by atoms with E-state index in [1.807, 2.05) is 6.07 Å². The summed E-state index contributed by atoms with van der Waals surface area (Å²) in [7, 11) is -1.43. The molecule has 0 radical (unpaired) electrons. The fourth-order valence-corrected chi connectivity index (χ4v) is 1.27. The number of anilines is 1. The summed E-state index contributed by atoms with van der Waals surface area (Å²) in [5.41, 5.74) is 8.96. The van der Waals surface area contributed by atoms with Gasteiger partial charge in [0.05, 0.1) is 6.20 Å². The molecule has 1 heterocycles. The smallest absolute Gasteiger partial charge is 0.206 e. The minimum atomic E-state index is -1.43. The van der Waals surface area contributed by atoms with Gasteiger partial charge in [0.15, 0.2) is 0 Å². The summed E-state index contributed by atoms with van der Waals surface area (Å²) < 4.78 is 0. The van der Waals surface area contributed by atoms with E-state index in [1.165, 1.54) is 6.20 Å². The number of nitrogen functional groups attached to an aromatic ring is 1. The van der Waals surface area contributed by atoms with Crippen LogP contribution in [0.1, 0.15) is 11.4 Å². The second-order valence-electron chi connectivity index (χ2n) is 4.10. The van der Waals surface area contributed by atoms with Crippen molar-refractivity contribution in [3.8, 4) is 17.5 Å². The van der Waals surface area contributed by atoms with Crippen molar-refractivity contribution in [2.24, 2.45) is 0 Å². The van der Waals surface area contributed by atoms with E-state index in [0.717, 1.165) is 0 Å². The Kier molecular flexibility index (Phi) is 3.08. The molecule has 1 aromatic rings. The van der Waals surface area contributed by atoms with Crippen LogP contribution in [0.4, 0.5) is 5.82 Å². The number of nitriles is 1. The minimum Gasteiger partial charge on any atom is -0.382 e. The highest BCUT2D eigenvalue weighted by atomic mass is 28.3. The Balaban J connectivity index is 3.04. The molecule has 15 heavy (non-hydrogen) atoms. The van der Waals surface area contributed by atoms with Gasteiger partial charge in [-0.25, -0.2) is 9.97 Å². The average Bonchev–Trinajstić information content (AvgIpc) is 2.14. The van der Waals surface area contributed by atoms with Gasteiger partial charge in [-0.3, -0.25) is 0 Å². The lowest BCUT2D eigenvalue weighted by molar-refractivity contribution is 1.12. The van der Waals surface area contributed by atoms with Crippen LogP contribution in [0.5, 0.6) is 0 Å². The number of nitrogens with zero attached hydrogens (tertiary/aromatic N) is 3. The quantitative estimate of drug-likeness (QED) is 0.521. The molecule has 1 aromatic heterocycles. The zero-order valence-electron chi connectivity index (χ0n) is 9.00. The van der Waals surface area contributed by atoms with E-state index in [9.17, 15) is 0 Å². The molecule has 2 N–H and O–H groups in total. The summed E-state index contributed by atoms with van der Waals surface area (Å²) in [5, 5.41) is 8.63. The first-order valence-electron chi connectivity index (χ1n) is 4.48. The summed E-state index contributed by atoms with van der Waals surface area (Å²) >= 11 is 0. The first kappa shape index (κ1) is 11.2. The Morgan fingerprint density at radius 1 is 1.40 bits per heavy atom. The van der Waals surface area contributed by atoms with Crippen LogP contribution in [0.2, 0.25) is 19.6 Å². The maximum Gasteiger partial charge on any atom is 0.206 e. The van der Waals surface area contributed by atoms with Gasteiger partial charge in [0.1, 0.15) is 25.5 Å². The second-order valence-corrected chi connectivity index (χ2v) is 8.85. The summed E-state index contributed by atoms with van der Waals surface area (Å²) in [6.45, 7) is 6.40. The number of aromatic nitrogens is 2. The minimum absolute atomic E-state index is 0.187. The molecule has 0 spiro atoms. The molecular weight excluding hydrogens is 204 g/mol. The molecule has 0 fully saturated rings. The van der Waals surface area contributed by atoms with Gasteiger partial charge in [-0.05, 0) is 5.92 Å². The highest BCUT2D eigenvalue weighted by Gasteiger charge is 2.08. The van der Waals surface area contributed by atoms with Gasteiger partial charge < -0.3 is 5.73 Å². The Labute approximate surface area is 90.2 Å². The number of hydrogen-bond acceptors (Lipinski definition) is 4. The van der Waals surface area contributed by atoms with Crippen LogP contribution in [-0.2, 0) is 0 Å². The molecule has 0 aliphatic rings. The van der Waals surface area contributed by atoms with E-state index in [-0.39, 0.29) is 11.4 Å². The molecule has 0 saturated carbocycles. The first-order chi connectivity index (χ1) is 6.92. The molecule has 0 atom stereocenters. The van der Waals surface area contributed by atoms with Crippen LogP contribution in [0, 0.1) is 22.8 Å². The Hall–Kier alpha value is -1.85. The van der Waals surface area contributed by atoms with E-state index < -0.39 is 8.07 Å².